The van der Waals surface area contributed by atoms with Gasteiger partial charge in [0.2, 0.25) is 0 Å². The van der Waals surface area contributed by atoms with Crippen LogP contribution in [0.3, 0.4) is 0 Å². The van der Waals surface area contributed by atoms with E-state index < -0.39 is 9.84 Å². The number of sulfone groups is 1. The van der Waals surface area contributed by atoms with Crippen LogP contribution >= 0.6 is 11.6 Å². The van der Waals surface area contributed by atoms with E-state index in [4.69, 9.17) is 17.3 Å². The molecular weight excluding hydrogens is 270 g/mol. The molecule has 1 unspecified atom stereocenters. The monoisotopic (exact) mass is 289 g/mol. The summed E-state index contributed by atoms with van der Waals surface area (Å²) in [5.41, 5.74) is 6.81. The number of hydrogen-bond acceptors (Lipinski definition) is 3. The van der Waals surface area contributed by atoms with Crippen LogP contribution in [-0.4, -0.2) is 27.0 Å². The minimum Gasteiger partial charge on any atom is -0.330 e. The first-order valence-electron chi connectivity index (χ1n) is 6.03. The Morgan fingerprint density at radius 2 is 2.00 bits per heavy atom. The molecule has 5 heteroatoms. The lowest BCUT2D eigenvalue weighted by Crippen LogP contribution is -2.18. The van der Waals surface area contributed by atoms with E-state index in [2.05, 4.69) is 0 Å². The number of halogens is 1. The molecule has 0 saturated heterocycles. The molecule has 1 rings (SSSR count). The van der Waals surface area contributed by atoms with Crippen LogP contribution in [0.1, 0.15) is 18.4 Å². The Balaban J connectivity index is 2.50. The molecule has 0 aliphatic heterocycles. The minimum absolute atomic E-state index is 0.228. The van der Waals surface area contributed by atoms with E-state index in [1.165, 1.54) is 6.26 Å². The van der Waals surface area contributed by atoms with Gasteiger partial charge >= 0.3 is 0 Å². The number of hydrogen-bond donors (Lipinski definition) is 1. The van der Waals surface area contributed by atoms with Gasteiger partial charge < -0.3 is 5.73 Å². The molecule has 0 spiro atoms. The maximum atomic E-state index is 11.1. The van der Waals surface area contributed by atoms with E-state index in [1.54, 1.807) is 0 Å². The van der Waals surface area contributed by atoms with Gasteiger partial charge in [0, 0.05) is 17.0 Å². The zero-order valence-electron chi connectivity index (χ0n) is 10.6. The fourth-order valence-corrected chi connectivity index (χ4v) is 2.82. The molecule has 1 aromatic rings. The van der Waals surface area contributed by atoms with Crippen molar-refractivity contribution in [1.29, 1.82) is 0 Å². The molecule has 0 amide bonds. The molecule has 2 N–H and O–H groups in total. The minimum atomic E-state index is -2.88. The molecule has 0 aliphatic carbocycles. The summed E-state index contributed by atoms with van der Waals surface area (Å²) >= 11 is 6.10. The predicted octanol–water partition coefficient (Wildman–Crippen LogP) is 2.28. The Kier molecular flexibility index (Phi) is 6.12. The highest BCUT2D eigenvalue weighted by Gasteiger charge is 2.11. The van der Waals surface area contributed by atoms with Gasteiger partial charge in [-0.05, 0) is 43.4 Å². The van der Waals surface area contributed by atoms with Crippen molar-refractivity contribution in [2.45, 2.75) is 19.3 Å². The highest BCUT2D eigenvalue weighted by Crippen LogP contribution is 2.20. The summed E-state index contributed by atoms with van der Waals surface area (Å²) in [5, 5.41) is 0.749. The molecule has 0 saturated carbocycles. The molecule has 0 aliphatic rings. The highest BCUT2D eigenvalue weighted by molar-refractivity contribution is 7.90. The zero-order valence-corrected chi connectivity index (χ0v) is 12.2. The second-order valence-corrected chi connectivity index (χ2v) is 7.34. The molecule has 0 fully saturated rings. The largest absolute Gasteiger partial charge is 0.330 e. The van der Waals surface area contributed by atoms with E-state index in [0.29, 0.717) is 13.0 Å². The van der Waals surface area contributed by atoms with Crippen molar-refractivity contribution < 1.29 is 8.42 Å². The normalized spacial score (nSPS) is 13.5. The van der Waals surface area contributed by atoms with Gasteiger partial charge in [-0.25, -0.2) is 8.42 Å². The fourth-order valence-electron chi connectivity index (χ4n) is 1.91. The molecule has 102 valence electrons. The first-order chi connectivity index (χ1) is 8.42. The Hall–Kier alpha value is -0.580. The van der Waals surface area contributed by atoms with Crippen LogP contribution < -0.4 is 5.73 Å². The molecule has 0 bridgehead atoms. The van der Waals surface area contributed by atoms with Crippen molar-refractivity contribution in [3.8, 4) is 0 Å². The first-order valence-corrected chi connectivity index (χ1v) is 8.47. The summed E-state index contributed by atoms with van der Waals surface area (Å²) in [6, 6.07) is 7.70. The van der Waals surface area contributed by atoms with Crippen molar-refractivity contribution in [2.75, 3.05) is 18.6 Å². The quantitative estimate of drug-likeness (QED) is 0.838. The number of benzene rings is 1. The smallest absolute Gasteiger partial charge is 0.147 e. The topological polar surface area (TPSA) is 60.2 Å². The molecule has 1 aromatic carbocycles. The average molecular weight is 290 g/mol. The van der Waals surface area contributed by atoms with Crippen molar-refractivity contribution in [2.24, 2.45) is 11.7 Å². The van der Waals surface area contributed by atoms with Gasteiger partial charge in [-0.15, -0.1) is 0 Å². The van der Waals surface area contributed by atoms with Crippen LogP contribution in [-0.2, 0) is 16.3 Å². The number of nitrogens with two attached hydrogens (primary N) is 1. The first kappa shape index (κ1) is 15.5. The third-order valence-electron chi connectivity index (χ3n) is 2.93. The van der Waals surface area contributed by atoms with Crippen molar-refractivity contribution >= 4 is 21.4 Å². The SMILES string of the molecule is CS(=O)(=O)CCCC(CN)Cc1ccccc1Cl. The molecule has 3 nitrogen and oxygen atoms in total. The van der Waals surface area contributed by atoms with Crippen molar-refractivity contribution in [3.05, 3.63) is 34.9 Å². The van der Waals surface area contributed by atoms with Crippen molar-refractivity contribution in [3.63, 3.8) is 0 Å². The summed E-state index contributed by atoms with van der Waals surface area (Å²) in [5.74, 6) is 0.512. The lowest BCUT2D eigenvalue weighted by molar-refractivity contribution is 0.486. The molecule has 0 heterocycles. The van der Waals surface area contributed by atoms with Crippen LogP contribution in [0, 0.1) is 5.92 Å². The van der Waals surface area contributed by atoms with Crippen LogP contribution in [0.4, 0.5) is 0 Å². The highest BCUT2D eigenvalue weighted by atomic mass is 35.5. The standard InChI is InChI=1S/C13H20ClNO2S/c1-18(16,17)8-4-5-11(10-15)9-12-6-2-3-7-13(12)14/h2-3,6-7,11H,4-5,8-10,15H2,1H3. The molecule has 0 radical (unpaired) electrons. The summed E-state index contributed by atoms with van der Waals surface area (Å²) in [6.45, 7) is 0.551. The Morgan fingerprint density at radius 1 is 1.33 bits per heavy atom. The average Bonchev–Trinajstić information content (AvgIpc) is 2.29. The number of rotatable bonds is 7. The zero-order chi connectivity index (χ0) is 13.6. The van der Waals surface area contributed by atoms with Gasteiger partial charge in [0.1, 0.15) is 9.84 Å². The van der Waals surface area contributed by atoms with Gasteiger partial charge in [-0.1, -0.05) is 29.8 Å². The van der Waals surface area contributed by atoms with Crippen LogP contribution in [0.2, 0.25) is 5.02 Å². The predicted molar refractivity (Wildman–Crippen MR) is 76.6 cm³/mol. The summed E-state index contributed by atoms with van der Waals surface area (Å²) in [6.07, 6.45) is 3.54. The third kappa shape index (κ3) is 5.85. The van der Waals surface area contributed by atoms with Gasteiger partial charge in [0.05, 0.1) is 0 Å². The lowest BCUT2D eigenvalue weighted by atomic mass is 9.95. The summed E-state index contributed by atoms with van der Waals surface area (Å²) < 4.78 is 22.1. The van der Waals surface area contributed by atoms with Crippen molar-refractivity contribution in [1.82, 2.24) is 0 Å². The maximum absolute atomic E-state index is 11.1. The van der Waals surface area contributed by atoms with Gasteiger partial charge in [-0.2, -0.15) is 0 Å². The van der Waals surface area contributed by atoms with E-state index in [0.717, 1.165) is 23.4 Å². The van der Waals surface area contributed by atoms with E-state index in [-0.39, 0.29) is 11.7 Å². The van der Waals surface area contributed by atoms with Crippen LogP contribution in [0.15, 0.2) is 24.3 Å². The van der Waals surface area contributed by atoms with E-state index >= 15 is 0 Å². The third-order valence-corrected chi connectivity index (χ3v) is 4.33. The summed E-state index contributed by atoms with van der Waals surface area (Å²) in [4.78, 5) is 0. The second-order valence-electron chi connectivity index (χ2n) is 4.67. The second kappa shape index (κ2) is 7.12. The van der Waals surface area contributed by atoms with Gasteiger partial charge in [0.25, 0.3) is 0 Å². The van der Waals surface area contributed by atoms with Crippen LogP contribution in [0.25, 0.3) is 0 Å². The van der Waals surface area contributed by atoms with Gasteiger partial charge in [0.15, 0.2) is 0 Å². The fraction of sp³-hybridized carbons (Fsp3) is 0.538. The molecular formula is C13H20ClNO2S. The maximum Gasteiger partial charge on any atom is 0.147 e. The van der Waals surface area contributed by atoms with Crippen LogP contribution in [0.5, 0.6) is 0 Å². The van der Waals surface area contributed by atoms with E-state index in [1.807, 2.05) is 24.3 Å². The van der Waals surface area contributed by atoms with Gasteiger partial charge in [-0.3, -0.25) is 0 Å². The Bertz CT molecular complexity index is 474. The Morgan fingerprint density at radius 3 is 2.56 bits per heavy atom. The molecule has 18 heavy (non-hydrogen) atoms. The summed E-state index contributed by atoms with van der Waals surface area (Å²) in [7, 11) is -2.88. The molecule has 0 aromatic heterocycles. The Labute approximate surface area is 114 Å². The van der Waals surface area contributed by atoms with E-state index in [9.17, 15) is 8.42 Å². The molecule has 1 atom stereocenters. The lowest BCUT2D eigenvalue weighted by Gasteiger charge is -2.15.